The lowest BCUT2D eigenvalue weighted by atomic mass is 10.0. The van der Waals surface area contributed by atoms with Crippen LogP contribution < -0.4 is 10.5 Å². The van der Waals surface area contributed by atoms with Gasteiger partial charge in [-0.2, -0.15) is 0 Å². The molecule has 3 N–H and O–H groups in total. The molecule has 1 atom stereocenters. The maximum Gasteiger partial charge on any atom is 0.240 e. The summed E-state index contributed by atoms with van der Waals surface area (Å²) in [6.07, 6.45) is 1.42. The van der Waals surface area contributed by atoms with Gasteiger partial charge in [0.2, 0.25) is 10.0 Å². The van der Waals surface area contributed by atoms with Gasteiger partial charge < -0.3 is 15.2 Å². The van der Waals surface area contributed by atoms with Gasteiger partial charge in [0.15, 0.2) is 0 Å². The van der Waals surface area contributed by atoms with Crippen molar-refractivity contribution in [3.8, 4) is 0 Å². The summed E-state index contributed by atoms with van der Waals surface area (Å²) in [4.78, 5) is 0.244. The lowest BCUT2D eigenvalue weighted by Gasteiger charge is -2.25. The van der Waals surface area contributed by atoms with Crippen LogP contribution in [0.5, 0.6) is 0 Å². The molecule has 1 unspecified atom stereocenters. The van der Waals surface area contributed by atoms with Crippen LogP contribution in [0.15, 0.2) is 29.2 Å². The molecule has 118 valence electrons. The fourth-order valence-corrected chi connectivity index (χ4v) is 3.39. The Hall–Kier alpha value is -0.990. The fraction of sp³-hybridized carbons (Fsp3) is 0.571. The molecule has 0 amide bonds. The molecule has 0 aromatic heterocycles. The predicted molar refractivity (Wildman–Crippen MR) is 79.6 cm³/mol. The number of ether oxygens (including phenoxy) is 2. The number of hydrogen-bond acceptors (Lipinski definition) is 5. The van der Waals surface area contributed by atoms with Gasteiger partial charge in [-0.05, 0) is 30.7 Å². The van der Waals surface area contributed by atoms with Crippen LogP contribution in [0.25, 0.3) is 0 Å². The molecule has 1 saturated heterocycles. The lowest BCUT2D eigenvalue weighted by molar-refractivity contribution is -0.0120. The first-order chi connectivity index (χ1) is 10.0. The quantitative estimate of drug-likeness (QED) is 0.754. The average Bonchev–Trinajstić information content (AvgIpc) is 2.96. The van der Waals surface area contributed by atoms with Crippen LogP contribution in [0.2, 0.25) is 0 Å². The third-order valence-corrected chi connectivity index (χ3v) is 5.17. The molecule has 0 saturated carbocycles. The molecule has 1 aliphatic rings. The van der Waals surface area contributed by atoms with Crippen LogP contribution >= 0.6 is 0 Å². The van der Waals surface area contributed by atoms with Crippen molar-refractivity contribution in [2.45, 2.75) is 23.3 Å². The zero-order valence-corrected chi connectivity index (χ0v) is 13.0. The van der Waals surface area contributed by atoms with E-state index in [1.807, 2.05) is 0 Å². The fourth-order valence-electron chi connectivity index (χ4n) is 2.27. The van der Waals surface area contributed by atoms with E-state index in [-0.39, 0.29) is 11.4 Å². The Bertz CT molecular complexity index is 551. The third-order valence-electron chi connectivity index (χ3n) is 3.75. The van der Waals surface area contributed by atoms with Gasteiger partial charge in [-0.3, -0.25) is 0 Å². The number of benzene rings is 1. The molecule has 7 heteroatoms. The molecule has 1 aromatic carbocycles. The van der Waals surface area contributed by atoms with E-state index >= 15 is 0 Å². The van der Waals surface area contributed by atoms with Gasteiger partial charge in [-0.1, -0.05) is 12.1 Å². The Balaban J connectivity index is 2.04. The van der Waals surface area contributed by atoms with E-state index < -0.39 is 15.6 Å². The highest BCUT2D eigenvalue weighted by Gasteiger charge is 2.36. The second-order valence-electron chi connectivity index (χ2n) is 5.20. The van der Waals surface area contributed by atoms with Crippen LogP contribution in [0.4, 0.5) is 0 Å². The number of hydrogen-bond donors (Lipinski definition) is 2. The summed E-state index contributed by atoms with van der Waals surface area (Å²) in [5, 5.41) is 0. The van der Waals surface area contributed by atoms with E-state index in [1.165, 1.54) is 0 Å². The summed E-state index contributed by atoms with van der Waals surface area (Å²) >= 11 is 0. The van der Waals surface area contributed by atoms with Crippen LogP contribution in [0.3, 0.4) is 0 Å². The SMILES string of the molecule is COC1(CNS(=O)(=O)c2ccc(CCN)cc2)CCOC1. The molecule has 1 heterocycles. The van der Waals surface area contributed by atoms with E-state index in [0.29, 0.717) is 26.2 Å². The number of nitrogens with two attached hydrogens (primary N) is 1. The second-order valence-corrected chi connectivity index (χ2v) is 6.96. The minimum absolute atomic E-state index is 0.205. The molecule has 6 nitrogen and oxygen atoms in total. The largest absolute Gasteiger partial charge is 0.378 e. The van der Waals surface area contributed by atoms with Gasteiger partial charge in [-0.25, -0.2) is 13.1 Å². The van der Waals surface area contributed by atoms with Crippen LogP contribution in [0, 0.1) is 0 Å². The Morgan fingerprint density at radius 1 is 1.38 bits per heavy atom. The summed E-state index contributed by atoms with van der Waals surface area (Å²) in [5.41, 5.74) is 5.93. The zero-order valence-electron chi connectivity index (χ0n) is 12.2. The highest BCUT2D eigenvalue weighted by molar-refractivity contribution is 7.89. The van der Waals surface area contributed by atoms with Crippen LogP contribution in [0.1, 0.15) is 12.0 Å². The van der Waals surface area contributed by atoms with Crippen molar-refractivity contribution in [1.29, 1.82) is 0 Å². The molecule has 2 rings (SSSR count). The third kappa shape index (κ3) is 4.02. The summed E-state index contributed by atoms with van der Waals surface area (Å²) in [6.45, 7) is 1.74. The zero-order chi connectivity index (χ0) is 15.3. The first-order valence-electron chi connectivity index (χ1n) is 6.93. The molecule has 21 heavy (non-hydrogen) atoms. The van der Waals surface area contributed by atoms with E-state index in [2.05, 4.69) is 4.72 Å². The summed E-state index contributed by atoms with van der Waals surface area (Å²) < 4.78 is 37.9. The highest BCUT2D eigenvalue weighted by Crippen LogP contribution is 2.22. The number of methoxy groups -OCH3 is 1. The molecule has 0 bridgehead atoms. The Morgan fingerprint density at radius 2 is 2.10 bits per heavy atom. The van der Waals surface area contributed by atoms with Gasteiger partial charge >= 0.3 is 0 Å². The topological polar surface area (TPSA) is 90.7 Å². The maximum absolute atomic E-state index is 12.3. The second kappa shape index (κ2) is 6.85. The van der Waals surface area contributed by atoms with Crippen molar-refractivity contribution < 1.29 is 17.9 Å². The Morgan fingerprint density at radius 3 is 2.62 bits per heavy atom. The van der Waals surface area contributed by atoms with Crippen molar-refractivity contribution in [3.05, 3.63) is 29.8 Å². The van der Waals surface area contributed by atoms with Crippen molar-refractivity contribution >= 4 is 10.0 Å². The van der Waals surface area contributed by atoms with Crippen molar-refractivity contribution in [3.63, 3.8) is 0 Å². The maximum atomic E-state index is 12.3. The van der Waals surface area contributed by atoms with E-state index in [0.717, 1.165) is 12.0 Å². The normalized spacial score (nSPS) is 22.6. The number of sulfonamides is 1. The van der Waals surface area contributed by atoms with Gasteiger partial charge in [0.1, 0.15) is 5.60 Å². The minimum Gasteiger partial charge on any atom is -0.378 e. The molecular weight excluding hydrogens is 292 g/mol. The first-order valence-corrected chi connectivity index (χ1v) is 8.41. The van der Waals surface area contributed by atoms with Gasteiger partial charge in [0.25, 0.3) is 0 Å². The van der Waals surface area contributed by atoms with Crippen LogP contribution in [-0.2, 0) is 25.9 Å². The molecular formula is C14H22N2O4S. The molecule has 1 aromatic rings. The minimum atomic E-state index is -3.54. The van der Waals surface area contributed by atoms with Gasteiger partial charge in [-0.15, -0.1) is 0 Å². The van der Waals surface area contributed by atoms with Crippen molar-refractivity contribution in [2.24, 2.45) is 5.73 Å². The van der Waals surface area contributed by atoms with E-state index in [1.54, 1.807) is 31.4 Å². The Labute approximate surface area is 125 Å². The number of nitrogens with one attached hydrogen (secondary N) is 1. The smallest absolute Gasteiger partial charge is 0.240 e. The molecule has 1 aliphatic heterocycles. The standard InChI is InChI=1S/C14H22N2O4S/c1-19-14(7-9-20-11-14)10-16-21(17,18)13-4-2-12(3-5-13)6-8-15/h2-5,16H,6-11,15H2,1H3. The predicted octanol–water partition coefficient (Wildman–Crippen LogP) is 0.272. The summed E-state index contributed by atoms with van der Waals surface area (Å²) in [7, 11) is -1.97. The Kier molecular flexibility index (Phi) is 5.34. The van der Waals surface area contributed by atoms with Crippen molar-refractivity contribution in [2.75, 3.05) is 33.4 Å². The van der Waals surface area contributed by atoms with E-state index in [9.17, 15) is 8.42 Å². The molecule has 0 radical (unpaired) electrons. The summed E-state index contributed by atoms with van der Waals surface area (Å²) in [6, 6.07) is 6.76. The van der Waals surface area contributed by atoms with Gasteiger partial charge in [0, 0.05) is 26.7 Å². The monoisotopic (exact) mass is 314 g/mol. The average molecular weight is 314 g/mol. The van der Waals surface area contributed by atoms with Crippen molar-refractivity contribution in [1.82, 2.24) is 4.72 Å². The van der Waals surface area contributed by atoms with Gasteiger partial charge in [0.05, 0.1) is 11.5 Å². The molecule has 0 aliphatic carbocycles. The first kappa shape index (κ1) is 16.4. The number of rotatable bonds is 7. The van der Waals surface area contributed by atoms with E-state index in [4.69, 9.17) is 15.2 Å². The van der Waals surface area contributed by atoms with Crippen LogP contribution in [-0.4, -0.2) is 47.4 Å². The molecule has 1 fully saturated rings. The lowest BCUT2D eigenvalue weighted by Crippen LogP contribution is -2.44. The summed E-state index contributed by atoms with van der Waals surface area (Å²) in [5.74, 6) is 0. The molecule has 0 spiro atoms. The highest BCUT2D eigenvalue weighted by atomic mass is 32.2.